The first-order valence-corrected chi connectivity index (χ1v) is 6.23. The van der Waals surface area contributed by atoms with Crippen LogP contribution in [0.2, 0.25) is 0 Å². The van der Waals surface area contributed by atoms with Crippen LogP contribution in [0.4, 0.5) is 0 Å². The van der Waals surface area contributed by atoms with Crippen molar-refractivity contribution in [3.63, 3.8) is 0 Å². The van der Waals surface area contributed by atoms with Gasteiger partial charge in [0.05, 0.1) is 6.54 Å². The molecule has 1 aromatic rings. The number of phenolic OH excluding ortho intramolecular Hbond substituents is 1. The standard InChI is InChI=1S/C15H25NO/c1-14(2,3)11-7-10(9-16)8-12(13(11)17)15(4,5)6/h7-8,17H,9,16H2,1-6H3/p+1. The second-order valence-corrected chi connectivity index (χ2v) is 6.79. The summed E-state index contributed by atoms with van der Waals surface area (Å²) in [5, 5.41) is 10.5. The molecule has 1 aromatic carbocycles. The third-order valence-corrected chi connectivity index (χ3v) is 3.07. The van der Waals surface area contributed by atoms with Crippen molar-refractivity contribution in [2.75, 3.05) is 0 Å². The molecule has 0 aromatic heterocycles. The second-order valence-electron chi connectivity index (χ2n) is 6.79. The Kier molecular flexibility index (Phi) is 3.58. The molecule has 0 atom stereocenters. The predicted molar refractivity (Wildman–Crippen MR) is 72.1 cm³/mol. The van der Waals surface area contributed by atoms with Crippen molar-refractivity contribution in [2.24, 2.45) is 0 Å². The number of hydrogen-bond donors (Lipinski definition) is 2. The minimum Gasteiger partial charge on any atom is -0.507 e. The Hall–Kier alpha value is -1.02. The van der Waals surface area contributed by atoms with Crippen LogP contribution in [0.15, 0.2) is 12.1 Å². The molecule has 0 spiro atoms. The van der Waals surface area contributed by atoms with Crippen LogP contribution in [0, 0.1) is 0 Å². The molecule has 17 heavy (non-hydrogen) atoms. The number of aromatic hydroxyl groups is 1. The minimum atomic E-state index is -0.0464. The van der Waals surface area contributed by atoms with Crippen molar-refractivity contribution in [1.82, 2.24) is 0 Å². The Balaban J connectivity index is 3.53. The summed E-state index contributed by atoms with van der Waals surface area (Å²) >= 11 is 0. The quantitative estimate of drug-likeness (QED) is 0.774. The molecule has 2 nitrogen and oxygen atoms in total. The maximum atomic E-state index is 10.5. The van der Waals surface area contributed by atoms with Gasteiger partial charge in [0.25, 0.3) is 0 Å². The maximum absolute atomic E-state index is 10.5. The SMILES string of the molecule is CC(C)(C)c1cc(C[NH3+])cc(C(C)(C)C)c1O. The minimum absolute atomic E-state index is 0.0464. The Morgan fingerprint density at radius 3 is 1.53 bits per heavy atom. The zero-order valence-electron chi connectivity index (χ0n) is 12.0. The Bertz CT molecular complexity index is 373. The molecule has 1 rings (SSSR count). The first-order valence-electron chi connectivity index (χ1n) is 6.23. The molecule has 0 aliphatic carbocycles. The lowest BCUT2D eigenvalue weighted by atomic mass is 9.78. The molecule has 0 aliphatic heterocycles. The highest BCUT2D eigenvalue weighted by Gasteiger charge is 2.26. The van der Waals surface area contributed by atoms with Gasteiger partial charge in [-0.05, 0) is 23.0 Å². The van der Waals surface area contributed by atoms with E-state index < -0.39 is 0 Å². The topological polar surface area (TPSA) is 47.9 Å². The molecule has 0 unspecified atom stereocenters. The van der Waals surface area contributed by atoms with Gasteiger partial charge in [0.1, 0.15) is 5.75 Å². The molecular formula is C15H26NO+. The lowest BCUT2D eigenvalue weighted by molar-refractivity contribution is -0.386. The van der Waals surface area contributed by atoms with E-state index in [4.69, 9.17) is 0 Å². The fourth-order valence-electron chi connectivity index (χ4n) is 1.98. The summed E-state index contributed by atoms with van der Waals surface area (Å²) in [7, 11) is 0. The molecule has 96 valence electrons. The van der Waals surface area contributed by atoms with Gasteiger partial charge in [-0.1, -0.05) is 41.5 Å². The smallest absolute Gasteiger partial charge is 0.123 e. The lowest BCUT2D eigenvalue weighted by Gasteiger charge is -2.27. The molecule has 0 saturated carbocycles. The third-order valence-electron chi connectivity index (χ3n) is 3.07. The third kappa shape index (κ3) is 3.01. The van der Waals surface area contributed by atoms with E-state index in [1.165, 1.54) is 5.56 Å². The molecular weight excluding hydrogens is 210 g/mol. The van der Waals surface area contributed by atoms with Crippen LogP contribution in [0.5, 0.6) is 5.75 Å². The zero-order valence-corrected chi connectivity index (χ0v) is 12.0. The van der Waals surface area contributed by atoms with Crippen LogP contribution < -0.4 is 5.73 Å². The number of benzene rings is 1. The van der Waals surface area contributed by atoms with Crippen LogP contribution in [-0.4, -0.2) is 5.11 Å². The van der Waals surface area contributed by atoms with Gasteiger partial charge in [-0.2, -0.15) is 0 Å². The van der Waals surface area contributed by atoms with Gasteiger partial charge >= 0.3 is 0 Å². The highest BCUT2D eigenvalue weighted by Crippen LogP contribution is 2.39. The van der Waals surface area contributed by atoms with E-state index in [-0.39, 0.29) is 10.8 Å². The van der Waals surface area contributed by atoms with Crippen LogP contribution in [-0.2, 0) is 17.4 Å². The maximum Gasteiger partial charge on any atom is 0.123 e. The van der Waals surface area contributed by atoms with Gasteiger partial charge in [0.15, 0.2) is 0 Å². The molecule has 0 aliphatic rings. The van der Waals surface area contributed by atoms with Crippen LogP contribution in [0.3, 0.4) is 0 Å². The Morgan fingerprint density at radius 1 is 0.941 bits per heavy atom. The summed E-state index contributed by atoms with van der Waals surface area (Å²) < 4.78 is 0. The second kappa shape index (κ2) is 4.34. The molecule has 0 radical (unpaired) electrons. The Labute approximate surface area is 105 Å². The van der Waals surface area contributed by atoms with E-state index >= 15 is 0 Å². The van der Waals surface area contributed by atoms with Gasteiger partial charge < -0.3 is 10.8 Å². The molecule has 0 amide bonds. The van der Waals surface area contributed by atoms with Crippen LogP contribution in [0.1, 0.15) is 58.2 Å². The van der Waals surface area contributed by atoms with Crippen molar-refractivity contribution < 1.29 is 10.8 Å². The van der Waals surface area contributed by atoms with E-state index in [1.54, 1.807) is 0 Å². The van der Waals surface area contributed by atoms with Crippen molar-refractivity contribution in [3.05, 3.63) is 28.8 Å². The molecule has 0 heterocycles. The summed E-state index contributed by atoms with van der Waals surface area (Å²) in [6.45, 7) is 13.5. The average Bonchev–Trinajstić information content (AvgIpc) is 2.14. The van der Waals surface area contributed by atoms with Gasteiger partial charge in [0, 0.05) is 16.7 Å². The van der Waals surface area contributed by atoms with E-state index in [1.807, 2.05) is 0 Å². The lowest BCUT2D eigenvalue weighted by Crippen LogP contribution is -2.47. The summed E-state index contributed by atoms with van der Waals surface area (Å²) in [6, 6.07) is 4.16. The number of phenols is 1. The first kappa shape index (κ1) is 14.0. The summed E-state index contributed by atoms with van der Waals surface area (Å²) in [5.74, 6) is 0.446. The molecule has 0 saturated heterocycles. The van der Waals surface area contributed by atoms with Crippen molar-refractivity contribution in [1.29, 1.82) is 0 Å². The van der Waals surface area contributed by atoms with Crippen molar-refractivity contribution in [3.8, 4) is 5.75 Å². The monoisotopic (exact) mass is 236 g/mol. The first-order chi connectivity index (χ1) is 7.57. The van der Waals surface area contributed by atoms with Gasteiger partial charge in [-0.25, -0.2) is 0 Å². The van der Waals surface area contributed by atoms with Crippen molar-refractivity contribution in [2.45, 2.75) is 58.9 Å². The van der Waals surface area contributed by atoms with Gasteiger partial charge in [-0.15, -0.1) is 0 Å². The van der Waals surface area contributed by atoms with Crippen molar-refractivity contribution >= 4 is 0 Å². The number of rotatable bonds is 1. The number of quaternary nitrogens is 1. The molecule has 4 N–H and O–H groups in total. The molecule has 2 heteroatoms. The van der Waals surface area contributed by atoms with Gasteiger partial charge in [0.2, 0.25) is 0 Å². The average molecular weight is 236 g/mol. The summed E-state index contributed by atoms with van der Waals surface area (Å²) in [5.41, 5.74) is 7.08. The number of hydrogen-bond acceptors (Lipinski definition) is 1. The summed E-state index contributed by atoms with van der Waals surface area (Å²) in [4.78, 5) is 0. The fourth-order valence-corrected chi connectivity index (χ4v) is 1.98. The van der Waals surface area contributed by atoms with Gasteiger partial charge in [-0.3, -0.25) is 0 Å². The Morgan fingerprint density at radius 2 is 1.29 bits per heavy atom. The highest BCUT2D eigenvalue weighted by atomic mass is 16.3. The fraction of sp³-hybridized carbons (Fsp3) is 0.600. The molecule has 0 bridgehead atoms. The highest BCUT2D eigenvalue weighted by molar-refractivity contribution is 5.49. The zero-order chi connectivity index (χ0) is 13.4. The van der Waals surface area contributed by atoms with E-state index in [2.05, 4.69) is 59.4 Å². The van der Waals surface area contributed by atoms with Crippen LogP contribution in [0.25, 0.3) is 0 Å². The normalized spacial score (nSPS) is 12.9. The molecule has 0 fully saturated rings. The van der Waals surface area contributed by atoms with E-state index in [0.29, 0.717) is 5.75 Å². The van der Waals surface area contributed by atoms with Crippen LogP contribution >= 0.6 is 0 Å². The largest absolute Gasteiger partial charge is 0.507 e. The van der Waals surface area contributed by atoms with E-state index in [9.17, 15) is 5.11 Å². The summed E-state index contributed by atoms with van der Waals surface area (Å²) in [6.07, 6.45) is 0. The predicted octanol–water partition coefficient (Wildman–Crippen LogP) is 2.73. The van der Waals surface area contributed by atoms with E-state index in [0.717, 1.165) is 17.7 Å².